The summed E-state index contributed by atoms with van der Waals surface area (Å²) in [5.41, 5.74) is 2.08. The molecular weight excluding hydrogens is 210 g/mol. The van der Waals surface area contributed by atoms with Crippen molar-refractivity contribution >= 4 is 0 Å². The van der Waals surface area contributed by atoms with E-state index in [0.717, 1.165) is 24.4 Å². The maximum absolute atomic E-state index is 4.34. The van der Waals surface area contributed by atoms with Crippen LogP contribution in [-0.2, 0) is 0 Å². The third-order valence-corrected chi connectivity index (χ3v) is 3.13. The van der Waals surface area contributed by atoms with Crippen molar-refractivity contribution in [2.24, 2.45) is 5.92 Å². The fraction of sp³-hybridized carbons (Fsp3) is 0.714. The van der Waals surface area contributed by atoms with Crippen LogP contribution in [0.3, 0.4) is 0 Å². The van der Waals surface area contributed by atoms with Crippen molar-refractivity contribution in [2.75, 3.05) is 6.54 Å². The first-order valence-electron chi connectivity index (χ1n) is 6.59. The van der Waals surface area contributed by atoms with Gasteiger partial charge in [0, 0.05) is 12.0 Å². The van der Waals surface area contributed by atoms with E-state index in [1.165, 1.54) is 0 Å². The van der Waals surface area contributed by atoms with E-state index in [2.05, 4.69) is 49.3 Å². The van der Waals surface area contributed by atoms with Gasteiger partial charge in [-0.1, -0.05) is 20.8 Å². The minimum absolute atomic E-state index is 0.426. The Hall–Kier alpha value is -0.960. The number of hydrogen-bond acceptors (Lipinski definition) is 3. The van der Waals surface area contributed by atoms with Crippen molar-refractivity contribution in [1.82, 2.24) is 15.5 Å². The van der Waals surface area contributed by atoms with Gasteiger partial charge in [0.15, 0.2) is 0 Å². The molecule has 1 N–H and O–H groups in total. The second kappa shape index (κ2) is 6.70. The summed E-state index contributed by atoms with van der Waals surface area (Å²) in [6, 6.07) is 4.59. The summed E-state index contributed by atoms with van der Waals surface area (Å²) < 4.78 is 0. The lowest BCUT2D eigenvalue weighted by molar-refractivity contribution is 0.368. The molecule has 1 heterocycles. The molecule has 3 heteroatoms. The highest BCUT2D eigenvalue weighted by Crippen LogP contribution is 2.26. The summed E-state index contributed by atoms with van der Waals surface area (Å²) in [5, 5.41) is 12.1. The number of aromatic nitrogens is 2. The lowest BCUT2D eigenvalue weighted by atomic mass is 9.86. The zero-order valence-corrected chi connectivity index (χ0v) is 11.7. The smallest absolute Gasteiger partial charge is 0.0680 e. The number of nitrogens with zero attached hydrogens (tertiary/aromatic N) is 2. The van der Waals surface area contributed by atoms with E-state index in [4.69, 9.17) is 0 Å². The number of rotatable bonds is 6. The predicted molar refractivity (Wildman–Crippen MR) is 72.1 cm³/mol. The molecule has 0 aliphatic carbocycles. The molecule has 0 spiro atoms. The fourth-order valence-corrected chi connectivity index (χ4v) is 2.26. The summed E-state index contributed by atoms with van der Waals surface area (Å²) in [4.78, 5) is 0. The van der Waals surface area contributed by atoms with Gasteiger partial charge in [-0.05, 0) is 44.9 Å². The summed E-state index contributed by atoms with van der Waals surface area (Å²) in [6.07, 6.45) is 1.16. The molecule has 1 aromatic rings. The third kappa shape index (κ3) is 4.08. The minimum Gasteiger partial charge on any atom is -0.314 e. The molecule has 96 valence electrons. The number of nitrogens with one attached hydrogen (secondary N) is 1. The van der Waals surface area contributed by atoms with Crippen LogP contribution in [-0.4, -0.2) is 22.8 Å². The normalized spacial score (nSPS) is 14.9. The maximum Gasteiger partial charge on any atom is 0.0680 e. The van der Waals surface area contributed by atoms with Gasteiger partial charge in [-0.25, -0.2) is 0 Å². The van der Waals surface area contributed by atoms with Gasteiger partial charge >= 0.3 is 0 Å². The van der Waals surface area contributed by atoms with Crippen LogP contribution >= 0.6 is 0 Å². The molecule has 0 bridgehead atoms. The molecule has 1 rings (SSSR count). The van der Waals surface area contributed by atoms with Crippen molar-refractivity contribution < 1.29 is 0 Å². The van der Waals surface area contributed by atoms with Crippen LogP contribution in [0.15, 0.2) is 12.1 Å². The topological polar surface area (TPSA) is 37.8 Å². The highest BCUT2D eigenvalue weighted by atomic mass is 15.1. The van der Waals surface area contributed by atoms with E-state index < -0.39 is 0 Å². The first-order valence-corrected chi connectivity index (χ1v) is 6.59. The summed E-state index contributed by atoms with van der Waals surface area (Å²) in [5.74, 6) is 0.987. The molecule has 3 nitrogen and oxygen atoms in total. The Morgan fingerprint density at radius 1 is 1.18 bits per heavy atom. The van der Waals surface area contributed by atoms with Gasteiger partial charge in [0.1, 0.15) is 0 Å². The fourth-order valence-electron chi connectivity index (χ4n) is 2.26. The SMILES string of the molecule is CCCNC(C)C(c1ccc(C)nn1)C(C)C. The van der Waals surface area contributed by atoms with Crippen LogP contribution in [0.4, 0.5) is 0 Å². The van der Waals surface area contributed by atoms with Crippen molar-refractivity contribution in [2.45, 2.75) is 53.0 Å². The minimum atomic E-state index is 0.426. The molecular formula is C14H25N3. The Kier molecular flexibility index (Phi) is 5.56. The molecule has 0 aromatic carbocycles. The number of aryl methyl sites for hydroxylation is 1. The summed E-state index contributed by atoms with van der Waals surface area (Å²) in [7, 11) is 0. The Bertz CT molecular complexity index is 319. The summed E-state index contributed by atoms with van der Waals surface area (Å²) >= 11 is 0. The predicted octanol–water partition coefficient (Wildman–Crippen LogP) is 2.91. The lowest BCUT2D eigenvalue weighted by Crippen LogP contribution is -2.35. The van der Waals surface area contributed by atoms with Gasteiger partial charge in [-0.2, -0.15) is 10.2 Å². The molecule has 0 amide bonds. The van der Waals surface area contributed by atoms with Crippen LogP contribution < -0.4 is 5.32 Å². The molecule has 0 fully saturated rings. The Labute approximate surface area is 105 Å². The van der Waals surface area contributed by atoms with Crippen LogP contribution in [0.25, 0.3) is 0 Å². The van der Waals surface area contributed by atoms with E-state index in [1.54, 1.807) is 0 Å². The molecule has 0 radical (unpaired) electrons. The van der Waals surface area contributed by atoms with Crippen LogP contribution in [0.2, 0.25) is 0 Å². The highest BCUT2D eigenvalue weighted by molar-refractivity contribution is 5.13. The molecule has 2 atom stereocenters. The largest absolute Gasteiger partial charge is 0.314 e. The summed E-state index contributed by atoms with van der Waals surface area (Å²) in [6.45, 7) is 12.0. The average molecular weight is 235 g/mol. The van der Waals surface area contributed by atoms with Crippen molar-refractivity contribution in [3.05, 3.63) is 23.5 Å². The first-order chi connectivity index (χ1) is 8.06. The van der Waals surface area contributed by atoms with E-state index >= 15 is 0 Å². The van der Waals surface area contributed by atoms with Crippen LogP contribution in [0, 0.1) is 12.8 Å². The van der Waals surface area contributed by atoms with Gasteiger partial charge in [0.2, 0.25) is 0 Å². The van der Waals surface area contributed by atoms with Crippen molar-refractivity contribution in [1.29, 1.82) is 0 Å². The van der Waals surface area contributed by atoms with Crippen LogP contribution in [0.1, 0.15) is 51.4 Å². The molecule has 0 aliphatic rings. The van der Waals surface area contributed by atoms with E-state index in [-0.39, 0.29) is 0 Å². The molecule has 17 heavy (non-hydrogen) atoms. The monoisotopic (exact) mass is 235 g/mol. The van der Waals surface area contributed by atoms with Crippen molar-refractivity contribution in [3.8, 4) is 0 Å². The molecule has 0 aliphatic heterocycles. The highest BCUT2D eigenvalue weighted by Gasteiger charge is 2.23. The van der Waals surface area contributed by atoms with E-state index in [0.29, 0.717) is 17.9 Å². The second-order valence-electron chi connectivity index (χ2n) is 5.11. The Morgan fingerprint density at radius 2 is 1.88 bits per heavy atom. The number of hydrogen-bond donors (Lipinski definition) is 1. The first kappa shape index (κ1) is 14.1. The van der Waals surface area contributed by atoms with Gasteiger partial charge in [0.05, 0.1) is 11.4 Å². The van der Waals surface area contributed by atoms with E-state index in [9.17, 15) is 0 Å². The maximum atomic E-state index is 4.34. The van der Waals surface area contributed by atoms with Crippen LogP contribution in [0.5, 0.6) is 0 Å². The van der Waals surface area contributed by atoms with E-state index in [1.807, 2.05) is 13.0 Å². The van der Waals surface area contributed by atoms with Gasteiger partial charge in [-0.3, -0.25) is 0 Å². The Morgan fingerprint density at radius 3 is 2.35 bits per heavy atom. The second-order valence-corrected chi connectivity index (χ2v) is 5.11. The van der Waals surface area contributed by atoms with Gasteiger partial charge in [0.25, 0.3) is 0 Å². The molecule has 0 saturated heterocycles. The van der Waals surface area contributed by atoms with Gasteiger partial charge < -0.3 is 5.32 Å². The van der Waals surface area contributed by atoms with Crippen molar-refractivity contribution in [3.63, 3.8) is 0 Å². The molecule has 2 unspecified atom stereocenters. The third-order valence-electron chi connectivity index (χ3n) is 3.13. The standard InChI is InChI=1S/C14H25N3/c1-6-9-15-12(5)14(10(2)3)13-8-7-11(4)16-17-13/h7-8,10,12,14-15H,6,9H2,1-5H3. The molecule has 1 aromatic heterocycles. The Balaban J connectivity index is 2.81. The quantitative estimate of drug-likeness (QED) is 0.824. The lowest BCUT2D eigenvalue weighted by Gasteiger charge is -2.27. The average Bonchev–Trinajstić information content (AvgIpc) is 2.29. The zero-order chi connectivity index (χ0) is 12.8. The zero-order valence-electron chi connectivity index (χ0n) is 11.7. The van der Waals surface area contributed by atoms with Gasteiger partial charge in [-0.15, -0.1) is 0 Å². The molecule has 0 saturated carbocycles.